The fourth-order valence-electron chi connectivity index (χ4n) is 1.75. The quantitative estimate of drug-likeness (QED) is 0.696. The Bertz CT molecular complexity index is 773. The molecule has 3 rings (SSSR count). The molecule has 0 aliphatic carbocycles. The maximum atomic E-state index is 6.11. The van der Waals surface area contributed by atoms with Gasteiger partial charge in [0, 0.05) is 21.3 Å². The van der Waals surface area contributed by atoms with E-state index in [9.17, 15) is 0 Å². The molecule has 6 heteroatoms. The van der Waals surface area contributed by atoms with Crippen molar-refractivity contribution in [1.29, 1.82) is 0 Å². The van der Waals surface area contributed by atoms with Crippen molar-refractivity contribution in [1.82, 2.24) is 10.1 Å². The lowest BCUT2D eigenvalue weighted by Crippen LogP contribution is -1.87. The maximum absolute atomic E-state index is 6.11. The van der Waals surface area contributed by atoms with E-state index in [0.29, 0.717) is 22.4 Å². The highest BCUT2D eigenvalue weighted by Gasteiger charge is 2.13. The van der Waals surface area contributed by atoms with Crippen molar-refractivity contribution < 1.29 is 4.52 Å². The first-order valence-electron chi connectivity index (χ1n) is 5.79. The Balaban J connectivity index is 2.02. The molecular formula is C14H9BrClN3O. The van der Waals surface area contributed by atoms with E-state index in [1.54, 1.807) is 12.1 Å². The van der Waals surface area contributed by atoms with Gasteiger partial charge in [-0.05, 0) is 46.3 Å². The van der Waals surface area contributed by atoms with Crippen LogP contribution in [0.5, 0.6) is 0 Å². The summed E-state index contributed by atoms with van der Waals surface area (Å²) in [7, 11) is 0. The van der Waals surface area contributed by atoms with Crippen LogP contribution in [0.1, 0.15) is 0 Å². The Labute approximate surface area is 128 Å². The highest BCUT2D eigenvalue weighted by atomic mass is 79.9. The number of aromatic nitrogens is 2. The van der Waals surface area contributed by atoms with E-state index in [1.807, 2.05) is 30.3 Å². The number of nitrogen functional groups attached to an aromatic ring is 1. The molecule has 0 aliphatic rings. The standard InChI is InChI=1S/C14H9BrClN3O/c15-10-7-8(5-6-12(10)17)14-18-13(19-20-14)9-3-1-2-4-11(9)16/h1-7H,17H2. The lowest BCUT2D eigenvalue weighted by molar-refractivity contribution is 0.432. The van der Waals surface area contributed by atoms with E-state index in [2.05, 4.69) is 26.1 Å². The summed E-state index contributed by atoms with van der Waals surface area (Å²) >= 11 is 9.49. The molecular weight excluding hydrogens is 342 g/mol. The maximum Gasteiger partial charge on any atom is 0.258 e. The van der Waals surface area contributed by atoms with Crippen LogP contribution in [-0.2, 0) is 0 Å². The van der Waals surface area contributed by atoms with Crippen LogP contribution in [0.4, 0.5) is 5.69 Å². The van der Waals surface area contributed by atoms with Crippen LogP contribution >= 0.6 is 27.5 Å². The summed E-state index contributed by atoms with van der Waals surface area (Å²) in [4.78, 5) is 4.36. The van der Waals surface area contributed by atoms with Crippen LogP contribution in [0.2, 0.25) is 5.02 Å². The number of benzene rings is 2. The molecule has 1 heterocycles. The Hall–Kier alpha value is -1.85. The van der Waals surface area contributed by atoms with E-state index in [4.69, 9.17) is 21.9 Å². The lowest BCUT2D eigenvalue weighted by Gasteiger charge is -1.99. The normalized spacial score (nSPS) is 10.7. The molecule has 2 N–H and O–H groups in total. The van der Waals surface area contributed by atoms with Crippen molar-refractivity contribution in [3.63, 3.8) is 0 Å². The van der Waals surface area contributed by atoms with Gasteiger partial charge in [-0.25, -0.2) is 0 Å². The van der Waals surface area contributed by atoms with Gasteiger partial charge in [0.1, 0.15) is 0 Å². The van der Waals surface area contributed by atoms with Gasteiger partial charge in [0.25, 0.3) is 5.89 Å². The number of halogens is 2. The number of nitrogens with zero attached hydrogens (tertiary/aromatic N) is 2. The summed E-state index contributed by atoms with van der Waals surface area (Å²) in [5, 5.41) is 4.54. The Kier molecular flexibility index (Phi) is 3.46. The number of hydrogen-bond acceptors (Lipinski definition) is 4. The van der Waals surface area contributed by atoms with Gasteiger partial charge in [0.15, 0.2) is 0 Å². The Morgan fingerprint density at radius 3 is 2.70 bits per heavy atom. The third kappa shape index (κ3) is 2.42. The van der Waals surface area contributed by atoms with Gasteiger partial charge in [0.2, 0.25) is 5.82 Å². The Morgan fingerprint density at radius 1 is 1.15 bits per heavy atom. The van der Waals surface area contributed by atoms with Gasteiger partial charge in [-0.2, -0.15) is 4.98 Å². The predicted octanol–water partition coefficient (Wildman–Crippen LogP) is 4.40. The fourth-order valence-corrected chi connectivity index (χ4v) is 2.35. The van der Waals surface area contributed by atoms with Crippen molar-refractivity contribution in [3.8, 4) is 22.8 Å². The molecule has 4 nitrogen and oxygen atoms in total. The molecule has 1 aromatic heterocycles. The van der Waals surface area contributed by atoms with Crippen molar-refractivity contribution in [3.05, 3.63) is 52.0 Å². The topological polar surface area (TPSA) is 64.9 Å². The summed E-state index contributed by atoms with van der Waals surface area (Å²) < 4.78 is 6.06. The van der Waals surface area contributed by atoms with Gasteiger partial charge in [-0.1, -0.05) is 28.9 Å². The zero-order chi connectivity index (χ0) is 14.1. The average Bonchev–Trinajstić information content (AvgIpc) is 2.92. The third-order valence-electron chi connectivity index (χ3n) is 2.79. The molecule has 0 fully saturated rings. The molecule has 0 bridgehead atoms. The monoisotopic (exact) mass is 349 g/mol. The number of rotatable bonds is 2. The molecule has 100 valence electrons. The van der Waals surface area contributed by atoms with Crippen molar-refractivity contribution >= 4 is 33.2 Å². The SMILES string of the molecule is Nc1ccc(-c2nc(-c3ccccc3Cl)no2)cc1Br. The van der Waals surface area contributed by atoms with E-state index in [0.717, 1.165) is 15.6 Å². The van der Waals surface area contributed by atoms with E-state index < -0.39 is 0 Å². The van der Waals surface area contributed by atoms with Crippen LogP contribution in [0, 0.1) is 0 Å². The molecule has 0 aliphatic heterocycles. The molecule has 0 amide bonds. The first kappa shape index (κ1) is 13.1. The van der Waals surface area contributed by atoms with Crippen LogP contribution in [0.3, 0.4) is 0 Å². The largest absolute Gasteiger partial charge is 0.398 e. The van der Waals surface area contributed by atoms with E-state index >= 15 is 0 Å². The molecule has 3 aromatic rings. The highest BCUT2D eigenvalue weighted by Crippen LogP contribution is 2.29. The van der Waals surface area contributed by atoms with Crippen molar-refractivity contribution in [2.45, 2.75) is 0 Å². The average molecular weight is 351 g/mol. The molecule has 2 aromatic carbocycles. The summed E-state index contributed by atoms with van der Waals surface area (Å²) in [5.74, 6) is 0.874. The zero-order valence-corrected chi connectivity index (χ0v) is 12.5. The third-order valence-corrected chi connectivity index (χ3v) is 3.80. The molecule has 0 radical (unpaired) electrons. The van der Waals surface area contributed by atoms with E-state index in [-0.39, 0.29) is 0 Å². The second-order valence-corrected chi connectivity index (χ2v) is 5.40. The minimum Gasteiger partial charge on any atom is -0.398 e. The van der Waals surface area contributed by atoms with Crippen molar-refractivity contribution in [2.24, 2.45) is 0 Å². The summed E-state index contributed by atoms with van der Waals surface area (Å²) in [6, 6.07) is 12.8. The lowest BCUT2D eigenvalue weighted by atomic mass is 10.2. The second-order valence-electron chi connectivity index (χ2n) is 4.14. The van der Waals surface area contributed by atoms with E-state index in [1.165, 1.54) is 0 Å². The fraction of sp³-hybridized carbons (Fsp3) is 0. The first-order chi connectivity index (χ1) is 9.65. The first-order valence-corrected chi connectivity index (χ1v) is 6.96. The second kappa shape index (κ2) is 5.26. The molecule has 20 heavy (non-hydrogen) atoms. The minimum atomic E-state index is 0.417. The minimum absolute atomic E-state index is 0.417. The summed E-state index contributed by atoms with van der Waals surface area (Å²) in [6.45, 7) is 0. The molecule has 0 spiro atoms. The molecule has 0 atom stereocenters. The predicted molar refractivity (Wildman–Crippen MR) is 82.3 cm³/mol. The van der Waals surface area contributed by atoms with Crippen LogP contribution in [0.15, 0.2) is 51.5 Å². The van der Waals surface area contributed by atoms with Crippen molar-refractivity contribution in [2.75, 3.05) is 5.73 Å². The summed E-state index contributed by atoms with van der Waals surface area (Å²) in [6.07, 6.45) is 0. The van der Waals surface area contributed by atoms with Gasteiger partial charge in [-0.15, -0.1) is 0 Å². The molecule has 0 saturated carbocycles. The van der Waals surface area contributed by atoms with Gasteiger partial charge in [0.05, 0.1) is 5.02 Å². The van der Waals surface area contributed by atoms with Gasteiger partial charge in [-0.3, -0.25) is 0 Å². The highest BCUT2D eigenvalue weighted by molar-refractivity contribution is 9.10. The van der Waals surface area contributed by atoms with Gasteiger partial charge < -0.3 is 10.3 Å². The summed E-state index contributed by atoms with van der Waals surface area (Å²) in [5.41, 5.74) is 7.93. The van der Waals surface area contributed by atoms with Crippen LogP contribution < -0.4 is 5.73 Å². The number of nitrogens with two attached hydrogens (primary N) is 1. The van der Waals surface area contributed by atoms with Gasteiger partial charge >= 0.3 is 0 Å². The Morgan fingerprint density at radius 2 is 1.95 bits per heavy atom. The van der Waals surface area contributed by atoms with Crippen LogP contribution in [0.25, 0.3) is 22.8 Å². The molecule has 0 saturated heterocycles. The zero-order valence-electron chi connectivity index (χ0n) is 10.2. The van der Waals surface area contributed by atoms with Crippen LogP contribution in [-0.4, -0.2) is 10.1 Å². The molecule has 0 unspecified atom stereocenters. The smallest absolute Gasteiger partial charge is 0.258 e. The number of anilines is 1. The number of hydrogen-bond donors (Lipinski definition) is 1.